The molecule has 0 fully saturated rings. The summed E-state index contributed by atoms with van der Waals surface area (Å²) in [7, 11) is 0. The molecule has 3 rings (SSSR count). The third-order valence-corrected chi connectivity index (χ3v) is 5.56. The van der Waals surface area contributed by atoms with Crippen molar-refractivity contribution in [1.29, 1.82) is 0 Å². The molecule has 0 saturated heterocycles. The van der Waals surface area contributed by atoms with E-state index in [1.165, 1.54) is 23.2 Å². The van der Waals surface area contributed by atoms with Crippen molar-refractivity contribution in [2.45, 2.75) is 31.7 Å². The van der Waals surface area contributed by atoms with Gasteiger partial charge < -0.3 is 10.4 Å². The average Bonchev–Trinajstić information content (AvgIpc) is 3.03. The number of carboxylic acids is 1. The first kappa shape index (κ1) is 14.6. The molecule has 2 aromatic heterocycles. The fourth-order valence-corrected chi connectivity index (χ4v) is 4.40. The lowest BCUT2D eigenvalue weighted by molar-refractivity contribution is -0.137. The number of nitrogens with one attached hydrogen (secondary N) is 1. The van der Waals surface area contributed by atoms with Crippen molar-refractivity contribution < 1.29 is 9.90 Å². The molecule has 0 amide bonds. The van der Waals surface area contributed by atoms with Crippen LogP contribution < -0.4 is 5.32 Å². The molecule has 1 aliphatic carbocycles. The zero-order valence-electron chi connectivity index (χ0n) is 11.8. The van der Waals surface area contributed by atoms with Crippen LogP contribution in [0.5, 0.6) is 0 Å². The number of thioether (sulfide) groups is 1. The predicted octanol–water partition coefficient (Wildman–Crippen LogP) is 2.80. The largest absolute Gasteiger partial charge is 0.480 e. The second-order valence-electron chi connectivity index (χ2n) is 5.08. The van der Waals surface area contributed by atoms with Gasteiger partial charge in [0.2, 0.25) is 0 Å². The molecule has 0 saturated carbocycles. The van der Waals surface area contributed by atoms with Crippen molar-refractivity contribution in [3.05, 3.63) is 16.8 Å². The van der Waals surface area contributed by atoms with Gasteiger partial charge in [-0.2, -0.15) is 11.8 Å². The molecule has 1 aliphatic rings. The van der Waals surface area contributed by atoms with E-state index in [4.69, 9.17) is 0 Å². The van der Waals surface area contributed by atoms with E-state index >= 15 is 0 Å². The molecular weight excluding hydrogens is 306 g/mol. The highest BCUT2D eigenvalue weighted by atomic mass is 32.2. The summed E-state index contributed by atoms with van der Waals surface area (Å²) in [6.45, 7) is 0. The third-order valence-electron chi connectivity index (χ3n) is 3.72. The number of aryl methyl sites for hydroxylation is 2. The highest BCUT2D eigenvalue weighted by Gasteiger charge is 2.24. The maximum absolute atomic E-state index is 11.4. The summed E-state index contributed by atoms with van der Waals surface area (Å²) in [5.74, 6) is 0.649. The summed E-state index contributed by atoms with van der Waals surface area (Å²) in [6, 6.07) is -0.604. The van der Waals surface area contributed by atoms with Gasteiger partial charge in [0.15, 0.2) is 0 Å². The van der Waals surface area contributed by atoms with Crippen molar-refractivity contribution in [2.75, 3.05) is 17.3 Å². The normalized spacial score (nSPS) is 15.1. The van der Waals surface area contributed by atoms with Crippen LogP contribution >= 0.6 is 23.1 Å². The van der Waals surface area contributed by atoms with Crippen LogP contribution in [0.25, 0.3) is 10.2 Å². The van der Waals surface area contributed by atoms with Crippen molar-refractivity contribution >= 4 is 45.1 Å². The quantitative estimate of drug-likeness (QED) is 0.851. The highest BCUT2D eigenvalue weighted by molar-refractivity contribution is 7.98. The number of hydrogen-bond acceptors (Lipinski definition) is 6. The Hall–Kier alpha value is -1.34. The Labute approximate surface area is 131 Å². The van der Waals surface area contributed by atoms with Gasteiger partial charge in [-0.05, 0) is 43.3 Å². The zero-order chi connectivity index (χ0) is 14.8. The fourth-order valence-electron chi connectivity index (χ4n) is 2.70. The lowest BCUT2D eigenvalue weighted by Crippen LogP contribution is -2.30. The number of fused-ring (bicyclic) bond motifs is 3. The van der Waals surface area contributed by atoms with Crippen LogP contribution in [0.15, 0.2) is 6.33 Å². The molecule has 1 atom stereocenters. The Morgan fingerprint density at radius 2 is 2.38 bits per heavy atom. The summed E-state index contributed by atoms with van der Waals surface area (Å²) in [5.41, 5.74) is 1.31. The Kier molecular flexibility index (Phi) is 4.30. The van der Waals surface area contributed by atoms with Gasteiger partial charge in [-0.3, -0.25) is 0 Å². The number of anilines is 1. The van der Waals surface area contributed by atoms with Crippen LogP contribution in [-0.4, -0.2) is 39.1 Å². The van der Waals surface area contributed by atoms with E-state index in [-0.39, 0.29) is 0 Å². The van der Waals surface area contributed by atoms with E-state index in [1.807, 2.05) is 6.26 Å². The number of carbonyl (C=O) groups is 1. The molecule has 7 heteroatoms. The van der Waals surface area contributed by atoms with E-state index in [9.17, 15) is 9.90 Å². The maximum atomic E-state index is 11.4. The number of aliphatic carboxylic acids is 1. The molecule has 5 nitrogen and oxygen atoms in total. The van der Waals surface area contributed by atoms with Crippen LogP contribution in [-0.2, 0) is 17.6 Å². The first-order chi connectivity index (χ1) is 10.2. The van der Waals surface area contributed by atoms with Crippen molar-refractivity contribution in [3.63, 3.8) is 0 Å². The molecule has 2 N–H and O–H groups in total. The maximum Gasteiger partial charge on any atom is 0.326 e. The highest BCUT2D eigenvalue weighted by Crippen LogP contribution is 2.39. The molecule has 0 unspecified atom stereocenters. The number of rotatable bonds is 6. The van der Waals surface area contributed by atoms with Crippen molar-refractivity contribution in [1.82, 2.24) is 9.97 Å². The summed E-state index contributed by atoms with van der Waals surface area (Å²) in [6.07, 6.45) is 7.39. The van der Waals surface area contributed by atoms with E-state index in [0.29, 0.717) is 12.2 Å². The Balaban J connectivity index is 1.94. The third kappa shape index (κ3) is 2.85. The first-order valence-electron chi connectivity index (χ1n) is 6.94. The monoisotopic (exact) mass is 323 g/mol. The van der Waals surface area contributed by atoms with Gasteiger partial charge in [0.1, 0.15) is 23.0 Å². The van der Waals surface area contributed by atoms with Crippen LogP contribution in [0.4, 0.5) is 5.82 Å². The zero-order valence-corrected chi connectivity index (χ0v) is 13.4. The molecule has 0 aliphatic heterocycles. The van der Waals surface area contributed by atoms with Gasteiger partial charge in [-0.25, -0.2) is 14.8 Å². The van der Waals surface area contributed by atoms with Gasteiger partial charge >= 0.3 is 5.97 Å². The van der Waals surface area contributed by atoms with E-state index in [0.717, 1.165) is 28.8 Å². The number of aromatic nitrogens is 2. The lowest BCUT2D eigenvalue weighted by Gasteiger charge is -2.15. The first-order valence-corrected chi connectivity index (χ1v) is 9.15. The number of hydrogen-bond donors (Lipinski definition) is 2. The van der Waals surface area contributed by atoms with Crippen LogP contribution in [0.2, 0.25) is 0 Å². The van der Waals surface area contributed by atoms with Gasteiger partial charge in [0.25, 0.3) is 0 Å². The van der Waals surface area contributed by atoms with Crippen LogP contribution in [0, 0.1) is 0 Å². The van der Waals surface area contributed by atoms with Crippen molar-refractivity contribution in [2.24, 2.45) is 0 Å². The molecule has 0 radical (unpaired) electrons. The van der Waals surface area contributed by atoms with Crippen LogP contribution in [0.1, 0.15) is 23.3 Å². The number of nitrogens with zero attached hydrogens (tertiary/aromatic N) is 2. The molecule has 0 bridgehead atoms. The summed E-state index contributed by atoms with van der Waals surface area (Å²) in [4.78, 5) is 22.4. The minimum absolute atomic E-state index is 0.578. The van der Waals surface area contributed by atoms with E-state index < -0.39 is 12.0 Å². The summed E-state index contributed by atoms with van der Waals surface area (Å²) < 4.78 is 0. The number of carboxylic acid groups (broad SMARTS) is 1. The minimum atomic E-state index is -0.831. The summed E-state index contributed by atoms with van der Waals surface area (Å²) >= 11 is 3.36. The second kappa shape index (κ2) is 6.19. The average molecular weight is 323 g/mol. The number of thiophene rings is 1. The Bertz CT molecular complexity index is 672. The topological polar surface area (TPSA) is 75.1 Å². The van der Waals surface area contributed by atoms with Crippen LogP contribution in [0.3, 0.4) is 0 Å². The van der Waals surface area contributed by atoms with E-state index in [2.05, 4.69) is 15.3 Å². The van der Waals surface area contributed by atoms with Crippen molar-refractivity contribution in [3.8, 4) is 0 Å². The predicted molar refractivity (Wildman–Crippen MR) is 87.5 cm³/mol. The SMILES string of the molecule is CSCC[C@H](Nc1ncnc2sc3c(c12)CCC3)C(=O)O. The molecular formula is C14H17N3O2S2. The standard InChI is InChI=1S/C14H17N3O2S2/c1-20-6-5-9(14(18)19)17-12-11-8-3-2-4-10(8)21-13(11)16-7-15-12/h7,9H,2-6H2,1H3,(H,18,19)(H,15,16,17)/t9-/m0/s1. The lowest BCUT2D eigenvalue weighted by atomic mass is 10.1. The summed E-state index contributed by atoms with van der Waals surface area (Å²) in [5, 5.41) is 13.5. The molecule has 2 heterocycles. The van der Waals surface area contributed by atoms with Gasteiger partial charge in [-0.15, -0.1) is 11.3 Å². The molecule has 112 valence electrons. The second-order valence-corrected chi connectivity index (χ2v) is 7.15. The van der Waals surface area contributed by atoms with Gasteiger partial charge in [0.05, 0.1) is 5.39 Å². The fraction of sp³-hybridized carbons (Fsp3) is 0.500. The van der Waals surface area contributed by atoms with Gasteiger partial charge in [-0.1, -0.05) is 0 Å². The molecule has 0 aromatic carbocycles. The Morgan fingerprint density at radius 1 is 1.52 bits per heavy atom. The molecule has 21 heavy (non-hydrogen) atoms. The minimum Gasteiger partial charge on any atom is -0.480 e. The smallest absolute Gasteiger partial charge is 0.326 e. The Morgan fingerprint density at radius 3 is 3.14 bits per heavy atom. The van der Waals surface area contributed by atoms with E-state index in [1.54, 1.807) is 23.1 Å². The molecule has 0 spiro atoms. The molecule has 2 aromatic rings. The van der Waals surface area contributed by atoms with Gasteiger partial charge in [0, 0.05) is 4.88 Å².